The fourth-order valence-electron chi connectivity index (χ4n) is 3.99. The van der Waals surface area contributed by atoms with Crippen LogP contribution in [0.25, 0.3) is 0 Å². The number of benzene rings is 2. The van der Waals surface area contributed by atoms with Crippen LogP contribution < -0.4 is 0 Å². The number of nitrogens with zero attached hydrogens (tertiary/aromatic N) is 2. The van der Waals surface area contributed by atoms with E-state index in [4.69, 9.17) is 9.05 Å². The Balaban J connectivity index is 1.76. The van der Waals surface area contributed by atoms with Crippen LogP contribution in [0.1, 0.15) is 56.8 Å². The molecule has 2 aromatic carbocycles. The average Bonchev–Trinajstić information content (AvgIpc) is 2.99. The topological polar surface area (TPSA) is 62.6 Å². The summed E-state index contributed by atoms with van der Waals surface area (Å²) >= 11 is 0. The van der Waals surface area contributed by atoms with Gasteiger partial charge in [0.2, 0.25) is 0 Å². The number of hydrogen-bond acceptors (Lipinski definition) is 4. The van der Waals surface area contributed by atoms with Crippen molar-refractivity contribution in [3.63, 3.8) is 0 Å². The van der Waals surface area contributed by atoms with Crippen LogP contribution in [0.3, 0.4) is 0 Å². The number of rotatable bonds is 9. The van der Waals surface area contributed by atoms with Gasteiger partial charge >= 0.3 is 7.75 Å². The fourth-order valence-corrected chi connectivity index (χ4v) is 6.13. The molecule has 0 aromatic heterocycles. The van der Waals surface area contributed by atoms with Crippen molar-refractivity contribution in [2.75, 3.05) is 7.05 Å². The lowest BCUT2D eigenvalue weighted by Crippen LogP contribution is -2.32. The summed E-state index contributed by atoms with van der Waals surface area (Å²) in [5.41, 5.74) is 1.05. The molecule has 3 rings (SSSR count). The van der Waals surface area contributed by atoms with Crippen LogP contribution in [-0.2, 0) is 20.0 Å². The highest BCUT2D eigenvalue weighted by molar-refractivity contribution is 7.51. The molecule has 0 bridgehead atoms. The monoisotopic (exact) mass is 426 g/mol. The normalized spacial score (nSPS) is 26.2. The predicted molar refractivity (Wildman–Crippen MR) is 119 cm³/mol. The molecule has 2 aromatic rings. The quantitative estimate of drug-likeness (QED) is 0.441. The third-order valence-electron chi connectivity index (χ3n) is 5.83. The lowest BCUT2D eigenvalue weighted by Gasteiger charge is -2.31. The number of hydrogen-bond donors (Lipinski definition) is 0. The zero-order chi connectivity index (χ0) is 21.6. The van der Waals surface area contributed by atoms with Gasteiger partial charge < -0.3 is 0 Å². The summed E-state index contributed by atoms with van der Waals surface area (Å²) in [6.45, 7) is 3.99. The predicted octanol–water partition coefficient (Wildman–Crippen LogP) is 6.29. The highest BCUT2D eigenvalue weighted by Crippen LogP contribution is 2.65. The molecule has 0 radical (unpaired) electrons. The summed E-state index contributed by atoms with van der Waals surface area (Å²) in [5.74, 6) is 0. The van der Waals surface area contributed by atoms with Crippen LogP contribution in [0.15, 0.2) is 60.7 Å². The summed E-state index contributed by atoms with van der Waals surface area (Å²) in [4.78, 5) is 0. The van der Waals surface area contributed by atoms with Crippen LogP contribution in [0.4, 0.5) is 0 Å². The Morgan fingerprint density at radius 2 is 1.77 bits per heavy atom. The van der Waals surface area contributed by atoms with E-state index in [1.54, 1.807) is 11.7 Å². The van der Waals surface area contributed by atoms with Crippen molar-refractivity contribution >= 4 is 7.75 Å². The van der Waals surface area contributed by atoms with Crippen LogP contribution in [0.5, 0.6) is 0 Å². The molecule has 0 saturated carbocycles. The van der Waals surface area contributed by atoms with Gasteiger partial charge in [0.15, 0.2) is 5.60 Å². The lowest BCUT2D eigenvalue weighted by molar-refractivity contribution is 0.0670. The third kappa shape index (κ3) is 5.02. The minimum absolute atomic E-state index is 0.124. The maximum absolute atomic E-state index is 13.8. The number of nitriles is 1. The van der Waals surface area contributed by atoms with E-state index in [-0.39, 0.29) is 12.1 Å². The van der Waals surface area contributed by atoms with Crippen molar-refractivity contribution in [1.82, 2.24) is 4.67 Å². The standard InChI is InChI=1S/C24H31N2O3P/c1-4-17-24(19-25,18-11-14-21-12-7-5-8-13-21)29-30(27)26(3)20(2)23(28-30)22-15-9-6-10-16-22/h5-10,12-13,15-16,20,23H,4,11,14,17-18H2,1-3H3/t20-,23+,24-,30?/m0/s1. The minimum Gasteiger partial charge on any atom is -0.287 e. The Morgan fingerprint density at radius 1 is 1.13 bits per heavy atom. The Hall–Kier alpha value is -1.96. The molecule has 1 heterocycles. The van der Waals surface area contributed by atoms with Gasteiger partial charge in [-0.15, -0.1) is 0 Å². The van der Waals surface area contributed by atoms with Gasteiger partial charge in [-0.3, -0.25) is 9.05 Å². The molecule has 1 aliphatic rings. The first-order valence-electron chi connectivity index (χ1n) is 10.7. The van der Waals surface area contributed by atoms with Gasteiger partial charge in [0.25, 0.3) is 0 Å². The molecule has 30 heavy (non-hydrogen) atoms. The molecule has 0 N–H and O–H groups in total. The van der Waals surface area contributed by atoms with Gasteiger partial charge in [0.1, 0.15) is 6.10 Å². The van der Waals surface area contributed by atoms with Crippen LogP contribution in [-0.4, -0.2) is 23.4 Å². The molecule has 1 saturated heterocycles. The van der Waals surface area contributed by atoms with E-state index < -0.39 is 13.3 Å². The van der Waals surface area contributed by atoms with Crippen molar-refractivity contribution < 1.29 is 13.6 Å². The molecule has 160 valence electrons. The van der Waals surface area contributed by atoms with Crippen LogP contribution in [0.2, 0.25) is 0 Å². The highest BCUT2D eigenvalue weighted by atomic mass is 31.2. The van der Waals surface area contributed by atoms with E-state index in [9.17, 15) is 9.83 Å². The lowest BCUT2D eigenvalue weighted by atomic mass is 9.92. The maximum atomic E-state index is 13.8. The van der Waals surface area contributed by atoms with E-state index in [0.29, 0.717) is 12.8 Å². The Bertz CT molecular complexity index is 900. The van der Waals surface area contributed by atoms with E-state index in [1.165, 1.54) is 5.56 Å². The molecule has 0 amide bonds. The maximum Gasteiger partial charge on any atom is 0.410 e. The van der Waals surface area contributed by atoms with Crippen molar-refractivity contribution in [3.05, 3.63) is 71.8 Å². The summed E-state index contributed by atoms with van der Waals surface area (Å²) in [5, 5.41) is 10.0. The van der Waals surface area contributed by atoms with Crippen molar-refractivity contribution in [3.8, 4) is 6.07 Å². The second-order valence-electron chi connectivity index (χ2n) is 8.01. The first-order chi connectivity index (χ1) is 14.4. The Kier molecular flexibility index (Phi) is 7.50. The molecule has 1 fully saturated rings. The molecule has 1 unspecified atom stereocenters. The summed E-state index contributed by atoms with van der Waals surface area (Å²) in [7, 11) is -1.85. The zero-order valence-electron chi connectivity index (χ0n) is 18.0. The van der Waals surface area contributed by atoms with Crippen LogP contribution in [0, 0.1) is 11.3 Å². The van der Waals surface area contributed by atoms with E-state index >= 15 is 0 Å². The van der Waals surface area contributed by atoms with Crippen molar-refractivity contribution in [2.45, 2.75) is 63.7 Å². The van der Waals surface area contributed by atoms with Gasteiger partial charge in [0, 0.05) is 6.04 Å². The summed E-state index contributed by atoms with van der Waals surface area (Å²) in [6.07, 6.45) is 3.06. The van der Waals surface area contributed by atoms with Crippen molar-refractivity contribution in [1.29, 1.82) is 5.26 Å². The highest BCUT2D eigenvalue weighted by Gasteiger charge is 2.52. The fraction of sp³-hybridized carbons (Fsp3) is 0.458. The summed E-state index contributed by atoms with van der Waals surface area (Å²) < 4.78 is 27.6. The molecule has 0 spiro atoms. The molecule has 5 nitrogen and oxygen atoms in total. The zero-order valence-corrected chi connectivity index (χ0v) is 18.9. The molecular formula is C24H31N2O3P. The van der Waals surface area contributed by atoms with Gasteiger partial charge in [-0.2, -0.15) is 5.26 Å². The van der Waals surface area contributed by atoms with Gasteiger partial charge in [0.05, 0.1) is 6.07 Å². The Morgan fingerprint density at radius 3 is 2.37 bits per heavy atom. The second kappa shape index (κ2) is 9.90. The second-order valence-corrected chi connectivity index (χ2v) is 9.97. The van der Waals surface area contributed by atoms with Gasteiger partial charge in [-0.05, 0) is 50.8 Å². The largest absolute Gasteiger partial charge is 0.410 e. The Labute approximate surface area is 180 Å². The summed E-state index contributed by atoms with van der Waals surface area (Å²) in [6, 6.07) is 22.2. The van der Waals surface area contributed by atoms with E-state index in [2.05, 4.69) is 18.2 Å². The molecular weight excluding hydrogens is 395 g/mol. The average molecular weight is 426 g/mol. The smallest absolute Gasteiger partial charge is 0.287 e. The van der Waals surface area contributed by atoms with E-state index in [0.717, 1.165) is 24.8 Å². The van der Waals surface area contributed by atoms with Gasteiger partial charge in [-0.1, -0.05) is 74.0 Å². The minimum atomic E-state index is -3.61. The molecule has 0 aliphatic carbocycles. The van der Waals surface area contributed by atoms with Crippen LogP contribution >= 0.6 is 7.75 Å². The SMILES string of the molecule is CCC[C@@](C#N)(CCCc1ccccc1)OP1(=O)O[C@@H](c2ccccc2)[C@H](C)N1C. The van der Waals surface area contributed by atoms with Gasteiger partial charge in [-0.25, -0.2) is 9.24 Å². The molecule has 6 heteroatoms. The number of likely N-dealkylation sites (N-methyl/N-ethyl adjacent to an activating group) is 1. The first-order valence-corrected chi connectivity index (χ1v) is 12.2. The third-order valence-corrected chi connectivity index (χ3v) is 8.04. The van der Waals surface area contributed by atoms with Crippen molar-refractivity contribution in [2.24, 2.45) is 0 Å². The van der Waals surface area contributed by atoms with E-state index in [1.807, 2.05) is 62.4 Å². The number of aryl methyl sites for hydroxylation is 1. The first kappa shape index (κ1) is 22.7. The molecule has 1 aliphatic heterocycles. The molecule has 4 atom stereocenters.